The summed E-state index contributed by atoms with van der Waals surface area (Å²) in [5.41, 5.74) is 0.0288. The molecule has 4 aromatic carbocycles. The molecule has 2 aromatic heterocycles. The molecule has 0 amide bonds. The average molecular weight is 896 g/mol. The van der Waals surface area contributed by atoms with E-state index in [1.807, 2.05) is 0 Å². The predicted molar refractivity (Wildman–Crippen MR) is 195 cm³/mol. The normalized spacial score (nSPS) is 11.5. The number of benzene rings is 4. The Balaban J connectivity index is 0.000000290. The standard InChI is InChI=1S/2C16H14ClN5O4S.Co.Na/c2*1-9-15(20-19-13-7-10(17)5-6-14(13)23)16(24)22(21-9)11-3-2-4-12(8-11)27(18,25)26;;/h2*2-8,21,23H,1H3,(H2,18,25,26);;/q;;+3;+1/p-2. The van der Waals surface area contributed by atoms with E-state index < -0.39 is 42.7 Å². The number of nitrogens with zero attached hydrogens (tertiary/aromatic N) is 6. The Kier molecular flexibility index (Phi) is 15.4. The zero-order chi connectivity index (χ0) is 39.5. The van der Waals surface area contributed by atoms with Gasteiger partial charge in [-0.2, -0.15) is 10.2 Å². The Morgan fingerprint density at radius 1 is 0.607 bits per heavy atom. The molecule has 0 radical (unpaired) electrons. The summed E-state index contributed by atoms with van der Waals surface area (Å²) in [4.78, 5) is 25.0. The molecule has 56 heavy (non-hydrogen) atoms. The molecule has 0 aliphatic carbocycles. The number of hydrogen-bond acceptors (Lipinski definition) is 12. The number of nitrogens with one attached hydrogen (secondary N) is 2. The minimum absolute atomic E-state index is 0. The van der Waals surface area contributed by atoms with Gasteiger partial charge < -0.3 is 10.2 Å². The van der Waals surface area contributed by atoms with E-state index in [9.17, 15) is 36.6 Å². The first-order valence-corrected chi connectivity index (χ1v) is 18.8. The molecule has 6 N–H and O–H groups in total. The molecule has 18 nitrogen and oxygen atoms in total. The minimum Gasteiger partial charge on any atom is -0.871 e. The van der Waals surface area contributed by atoms with Crippen molar-refractivity contribution in [2.24, 2.45) is 30.7 Å². The van der Waals surface area contributed by atoms with Gasteiger partial charge in [0.05, 0.1) is 43.9 Å². The summed E-state index contributed by atoms with van der Waals surface area (Å²) in [6.07, 6.45) is 0. The van der Waals surface area contributed by atoms with Gasteiger partial charge in [0.25, 0.3) is 11.1 Å². The van der Waals surface area contributed by atoms with Crippen molar-refractivity contribution in [1.29, 1.82) is 0 Å². The Morgan fingerprint density at radius 3 is 1.30 bits per heavy atom. The first-order chi connectivity index (χ1) is 25.3. The maximum absolute atomic E-state index is 12.6. The number of rotatable bonds is 8. The van der Waals surface area contributed by atoms with E-state index in [0.717, 1.165) is 9.36 Å². The predicted octanol–water partition coefficient (Wildman–Crippen LogP) is 1.53. The zero-order valence-corrected chi connectivity index (χ0v) is 35.3. The third kappa shape index (κ3) is 10.9. The number of azo groups is 2. The van der Waals surface area contributed by atoms with Crippen molar-refractivity contribution in [2.75, 3.05) is 0 Å². The van der Waals surface area contributed by atoms with Gasteiger partial charge in [-0.05, 0) is 74.5 Å². The summed E-state index contributed by atoms with van der Waals surface area (Å²) in [7, 11) is -7.85. The number of aromatic nitrogens is 4. The molecule has 2 heterocycles. The molecular weight excluding hydrogens is 869 g/mol. The molecular formula is C32H26Cl2CoN10NaO8S2+2. The molecule has 286 valence electrons. The fraction of sp³-hybridized carbons (Fsp3) is 0.0625. The summed E-state index contributed by atoms with van der Waals surface area (Å²) >= 11 is 11.7. The summed E-state index contributed by atoms with van der Waals surface area (Å²) < 4.78 is 48.2. The number of halogens is 2. The quantitative estimate of drug-likeness (QED) is 0.128. The number of primary sulfonamides is 2. The number of aromatic amines is 2. The van der Waals surface area contributed by atoms with Gasteiger partial charge in [0.1, 0.15) is 0 Å². The minimum atomic E-state index is -3.92. The second-order valence-corrected chi connectivity index (χ2v) is 15.2. The molecule has 6 rings (SSSR count). The van der Waals surface area contributed by atoms with Gasteiger partial charge >= 0.3 is 46.3 Å². The summed E-state index contributed by atoms with van der Waals surface area (Å²) in [5, 5.41) is 55.2. The Hall–Kier alpha value is -4.39. The summed E-state index contributed by atoms with van der Waals surface area (Å²) in [5.74, 6) is -0.782. The van der Waals surface area contributed by atoms with Crippen LogP contribution in [0.5, 0.6) is 11.5 Å². The second-order valence-electron chi connectivity index (χ2n) is 11.2. The average Bonchev–Trinajstić information content (AvgIpc) is 3.57. The van der Waals surface area contributed by atoms with E-state index >= 15 is 0 Å². The molecule has 0 aliphatic heterocycles. The van der Waals surface area contributed by atoms with Crippen LogP contribution < -0.4 is 61.2 Å². The Labute approximate surface area is 360 Å². The molecule has 0 atom stereocenters. The van der Waals surface area contributed by atoms with Crippen molar-refractivity contribution in [1.82, 2.24) is 19.6 Å². The number of H-pyrrole nitrogens is 2. The van der Waals surface area contributed by atoms with Gasteiger partial charge in [0.2, 0.25) is 20.0 Å². The molecule has 0 spiro atoms. The summed E-state index contributed by atoms with van der Waals surface area (Å²) in [6, 6.07) is 19.1. The molecule has 24 heteroatoms. The number of aryl methyl sites for hydroxylation is 2. The van der Waals surface area contributed by atoms with Crippen molar-refractivity contribution in [2.45, 2.75) is 23.6 Å². The first-order valence-electron chi connectivity index (χ1n) is 15.0. The van der Waals surface area contributed by atoms with E-state index in [2.05, 4.69) is 30.7 Å². The van der Waals surface area contributed by atoms with E-state index in [1.54, 1.807) is 13.8 Å². The van der Waals surface area contributed by atoms with Gasteiger partial charge in [0.15, 0.2) is 11.4 Å². The molecule has 0 saturated heterocycles. The van der Waals surface area contributed by atoms with Crippen molar-refractivity contribution in [3.8, 4) is 22.9 Å². The van der Waals surface area contributed by atoms with Crippen molar-refractivity contribution >= 4 is 66.0 Å². The summed E-state index contributed by atoms with van der Waals surface area (Å²) in [6.45, 7) is 3.18. The monoisotopic (exact) mass is 894 g/mol. The Bertz CT molecular complexity index is 2630. The van der Waals surface area contributed by atoms with Gasteiger partial charge in [-0.1, -0.05) is 59.0 Å². The number of hydrogen-bond donors (Lipinski definition) is 4. The van der Waals surface area contributed by atoms with E-state index in [1.165, 1.54) is 84.9 Å². The van der Waals surface area contributed by atoms with Crippen LogP contribution in [0.15, 0.2) is 125 Å². The van der Waals surface area contributed by atoms with E-state index in [0.29, 0.717) is 21.4 Å². The van der Waals surface area contributed by atoms with Crippen LogP contribution in [0.3, 0.4) is 0 Å². The maximum atomic E-state index is 12.6. The maximum Gasteiger partial charge on any atom is 3.00 e. The molecule has 0 fully saturated rings. The molecule has 0 aliphatic rings. The van der Waals surface area contributed by atoms with E-state index in [-0.39, 0.29) is 90.3 Å². The van der Waals surface area contributed by atoms with Crippen LogP contribution in [-0.4, -0.2) is 36.4 Å². The smallest absolute Gasteiger partial charge is 0.871 e. The first kappa shape index (κ1) is 46.0. The molecule has 0 bridgehead atoms. The van der Waals surface area contributed by atoms with Crippen molar-refractivity contribution in [3.63, 3.8) is 0 Å². The van der Waals surface area contributed by atoms with Crippen molar-refractivity contribution in [3.05, 3.63) is 127 Å². The van der Waals surface area contributed by atoms with Crippen LogP contribution in [0, 0.1) is 13.8 Å². The molecule has 6 aromatic rings. The number of nitrogens with two attached hydrogens (primary N) is 2. The second kappa shape index (κ2) is 18.7. The largest absolute Gasteiger partial charge is 3.00 e. The van der Waals surface area contributed by atoms with Crippen molar-refractivity contribution < 1.29 is 73.4 Å². The van der Waals surface area contributed by atoms with Crippen LogP contribution in [0.25, 0.3) is 11.4 Å². The van der Waals surface area contributed by atoms with Gasteiger partial charge in [-0.15, -0.1) is 10.2 Å². The third-order valence-corrected chi connectivity index (χ3v) is 9.54. The SMILES string of the molecule is Cc1[nH]n(-c2cccc(S(N)(=O)=O)c2)c(=O)c1N=Nc1cc(Cl)ccc1[O-].Cc1[nH]n(-c2cccc(S(N)(=O)=O)c2)c(=O)c1N=Nc1cc(Cl)ccc1[O-].[Co+3].[Na+]. The molecule has 0 saturated carbocycles. The topological polar surface area (TPSA) is 291 Å². The fourth-order valence-corrected chi connectivity index (χ4v) is 6.06. The van der Waals surface area contributed by atoms with Crippen LogP contribution in [0.2, 0.25) is 10.0 Å². The number of sulfonamides is 2. The third-order valence-electron chi connectivity index (χ3n) is 7.25. The van der Waals surface area contributed by atoms with E-state index in [4.69, 9.17) is 33.5 Å². The van der Waals surface area contributed by atoms with Crippen LogP contribution in [0.4, 0.5) is 22.7 Å². The van der Waals surface area contributed by atoms with Crippen LogP contribution in [0.1, 0.15) is 11.4 Å². The fourth-order valence-electron chi connectivity index (χ4n) is 4.62. The van der Waals surface area contributed by atoms with Gasteiger partial charge in [-0.3, -0.25) is 19.8 Å². The Morgan fingerprint density at radius 2 is 0.964 bits per heavy atom. The van der Waals surface area contributed by atoms with Crippen LogP contribution in [-0.2, 0) is 36.8 Å². The van der Waals surface area contributed by atoms with Crippen LogP contribution >= 0.6 is 23.2 Å². The van der Waals surface area contributed by atoms with Gasteiger partial charge in [0, 0.05) is 10.0 Å². The zero-order valence-electron chi connectivity index (χ0n) is 29.1. The van der Waals surface area contributed by atoms with Gasteiger partial charge in [-0.25, -0.2) is 36.5 Å². The molecule has 0 unspecified atom stereocenters.